The summed E-state index contributed by atoms with van der Waals surface area (Å²) in [4.78, 5) is 14.7. The van der Waals surface area contributed by atoms with Gasteiger partial charge in [0.25, 0.3) is 0 Å². The second-order valence-electron chi connectivity index (χ2n) is 6.71. The van der Waals surface area contributed by atoms with Gasteiger partial charge in [-0.1, -0.05) is 19.1 Å². The van der Waals surface area contributed by atoms with Crippen molar-refractivity contribution >= 4 is 15.9 Å². The van der Waals surface area contributed by atoms with Crippen LogP contribution in [0.3, 0.4) is 0 Å². The summed E-state index contributed by atoms with van der Waals surface area (Å²) >= 11 is 0. The predicted octanol–water partition coefficient (Wildman–Crippen LogP) is 2.27. The zero-order chi connectivity index (χ0) is 17.2. The minimum Gasteiger partial charge on any atom is -0.342 e. The minimum absolute atomic E-state index is 0.0167. The van der Waals surface area contributed by atoms with Gasteiger partial charge >= 0.3 is 0 Å². The number of nitrogens with zero attached hydrogens (tertiary/aromatic N) is 2. The molecule has 0 bridgehead atoms. The average Bonchev–Trinajstić information content (AvgIpc) is 3.16. The summed E-state index contributed by atoms with van der Waals surface area (Å²) in [6.45, 7) is 4.64. The van der Waals surface area contributed by atoms with E-state index < -0.39 is 10.0 Å². The van der Waals surface area contributed by atoms with Crippen LogP contribution in [0.25, 0.3) is 0 Å². The number of sulfonamides is 1. The second kappa shape index (κ2) is 7.23. The van der Waals surface area contributed by atoms with Crippen molar-refractivity contribution in [1.29, 1.82) is 0 Å². The van der Waals surface area contributed by atoms with Gasteiger partial charge in [-0.2, -0.15) is 4.31 Å². The zero-order valence-electron chi connectivity index (χ0n) is 14.3. The van der Waals surface area contributed by atoms with E-state index in [1.807, 2.05) is 24.0 Å². The summed E-state index contributed by atoms with van der Waals surface area (Å²) in [7, 11) is -3.45. The number of rotatable bonds is 4. The van der Waals surface area contributed by atoms with Crippen molar-refractivity contribution in [2.24, 2.45) is 5.92 Å². The SMILES string of the molecule is CCc1ccc(S(=O)(=O)N2CCC(C(=O)N3CCCC3)CC2)cc1. The van der Waals surface area contributed by atoms with Crippen LogP contribution >= 0.6 is 0 Å². The van der Waals surface area contributed by atoms with Gasteiger partial charge in [0.2, 0.25) is 15.9 Å². The first kappa shape index (κ1) is 17.4. The molecule has 1 aromatic rings. The molecule has 2 heterocycles. The highest BCUT2D eigenvalue weighted by Gasteiger charge is 2.34. The molecule has 0 radical (unpaired) electrons. The number of carbonyl (C=O) groups is 1. The van der Waals surface area contributed by atoms with Crippen LogP contribution in [0.15, 0.2) is 29.2 Å². The summed E-state index contributed by atoms with van der Waals surface area (Å²) < 4.78 is 27.0. The summed E-state index contributed by atoms with van der Waals surface area (Å²) in [6.07, 6.45) is 4.33. The summed E-state index contributed by atoms with van der Waals surface area (Å²) in [5.74, 6) is 0.203. The minimum atomic E-state index is -3.45. The van der Waals surface area contributed by atoms with E-state index in [-0.39, 0.29) is 11.8 Å². The maximum Gasteiger partial charge on any atom is 0.243 e. The normalized spacial score (nSPS) is 20.5. The molecule has 1 amide bonds. The van der Waals surface area contributed by atoms with Gasteiger partial charge in [0.1, 0.15) is 0 Å². The van der Waals surface area contributed by atoms with Gasteiger partial charge in [-0.15, -0.1) is 0 Å². The number of likely N-dealkylation sites (tertiary alicyclic amines) is 1. The number of aryl methyl sites for hydroxylation is 1. The lowest BCUT2D eigenvalue weighted by Gasteiger charge is -2.32. The molecule has 2 aliphatic heterocycles. The molecule has 0 atom stereocenters. The Morgan fingerprint density at radius 2 is 1.62 bits per heavy atom. The molecule has 2 saturated heterocycles. The van der Waals surface area contributed by atoms with Crippen molar-refractivity contribution < 1.29 is 13.2 Å². The van der Waals surface area contributed by atoms with Gasteiger partial charge in [0.05, 0.1) is 4.90 Å². The lowest BCUT2D eigenvalue weighted by molar-refractivity contribution is -0.135. The van der Waals surface area contributed by atoms with E-state index in [0.717, 1.165) is 37.9 Å². The van der Waals surface area contributed by atoms with E-state index in [9.17, 15) is 13.2 Å². The molecule has 24 heavy (non-hydrogen) atoms. The molecule has 132 valence electrons. The number of hydrogen-bond acceptors (Lipinski definition) is 3. The molecule has 0 spiro atoms. The van der Waals surface area contributed by atoms with Crippen LogP contribution in [-0.4, -0.2) is 49.7 Å². The maximum atomic E-state index is 12.8. The van der Waals surface area contributed by atoms with Gasteiger partial charge in [-0.05, 0) is 49.8 Å². The molecule has 0 unspecified atom stereocenters. The summed E-state index contributed by atoms with van der Waals surface area (Å²) in [5.41, 5.74) is 1.13. The van der Waals surface area contributed by atoms with Crippen molar-refractivity contribution in [3.63, 3.8) is 0 Å². The smallest absolute Gasteiger partial charge is 0.243 e. The molecular formula is C18H26N2O3S. The van der Waals surface area contributed by atoms with E-state index in [1.54, 1.807) is 12.1 Å². The summed E-state index contributed by atoms with van der Waals surface area (Å²) in [6, 6.07) is 7.12. The molecule has 5 nitrogen and oxygen atoms in total. The third kappa shape index (κ3) is 3.49. The van der Waals surface area contributed by atoms with E-state index >= 15 is 0 Å². The number of piperidine rings is 1. The van der Waals surface area contributed by atoms with E-state index in [1.165, 1.54) is 4.31 Å². The van der Waals surface area contributed by atoms with Crippen molar-refractivity contribution in [2.75, 3.05) is 26.2 Å². The quantitative estimate of drug-likeness (QED) is 0.837. The Hall–Kier alpha value is -1.40. The first-order valence-electron chi connectivity index (χ1n) is 8.90. The van der Waals surface area contributed by atoms with Crippen molar-refractivity contribution in [1.82, 2.24) is 9.21 Å². The van der Waals surface area contributed by atoms with E-state index in [2.05, 4.69) is 0 Å². The fraction of sp³-hybridized carbons (Fsp3) is 0.611. The molecule has 0 saturated carbocycles. The molecule has 2 aliphatic rings. The first-order chi connectivity index (χ1) is 11.5. The topological polar surface area (TPSA) is 57.7 Å². The van der Waals surface area contributed by atoms with Crippen molar-refractivity contribution in [3.05, 3.63) is 29.8 Å². The first-order valence-corrected chi connectivity index (χ1v) is 10.3. The third-order valence-corrected chi connectivity index (χ3v) is 7.10. The Morgan fingerprint density at radius 3 is 2.17 bits per heavy atom. The highest BCUT2D eigenvalue weighted by molar-refractivity contribution is 7.89. The van der Waals surface area contributed by atoms with Crippen LogP contribution in [0.2, 0.25) is 0 Å². The van der Waals surface area contributed by atoms with Crippen LogP contribution in [0.1, 0.15) is 38.2 Å². The second-order valence-corrected chi connectivity index (χ2v) is 8.65. The predicted molar refractivity (Wildman–Crippen MR) is 93.1 cm³/mol. The Balaban J connectivity index is 1.63. The summed E-state index contributed by atoms with van der Waals surface area (Å²) in [5, 5.41) is 0. The molecular weight excluding hydrogens is 324 g/mol. The Bertz CT molecular complexity index is 671. The molecule has 0 aliphatic carbocycles. The van der Waals surface area contributed by atoms with Gasteiger partial charge in [0, 0.05) is 32.1 Å². The lowest BCUT2D eigenvalue weighted by atomic mass is 9.97. The van der Waals surface area contributed by atoms with Crippen molar-refractivity contribution in [3.8, 4) is 0 Å². The van der Waals surface area contributed by atoms with E-state index in [4.69, 9.17) is 0 Å². The number of hydrogen-bond donors (Lipinski definition) is 0. The van der Waals surface area contributed by atoms with Gasteiger partial charge in [-0.3, -0.25) is 4.79 Å². The van der Waals surface area contributed by atoms with E-state index in [0.29, 0.717) is 30.8 Å². The van der Waals surface area contributed by atoms with Crippen LogP contribution in [0, 0.1) is 5.92 Å². The average molecular weight is 350 g/mol. The number of amides is 1. The molecule has 1 aromatic carbocycles. The monoisotopic (exact) mass is 350 g/mol. The zero-order valence-corrected chi connectivity index (χ0v) is 15.1. The third-order valence-electron chi connectivity index (χ3n) is 5.19. The fourth-order valence-electron chi connectivity index (χ4n) is 3.59. The number of carbonyl (C=O) groups excluding carboxylic acids is 1. The largest absolute Gasteiger partial charge is 0.342 e. The molecule has 3 rings (SSSR count). The van der Waals surface area contributed by atoms with Gasteiger partial charge in [-0.25, -0.2) is 8.42 Å². The molecule has 2 fully saturated rings. The Kier molecular flexibility index (Phi) is 5.25. The molecule has 0 aromatic heterocycles. The van der Waals surface area contributed by atoms with Crippen LogP contribution in [-0.2, 0) is 21.2 Å². The van der Waals surface area contributed by atoms with Crippen LogP contribution in [0.4, 0.5) is 0 Å². The Morgan fingerprint density at radius 1 is 1.04 bits per heavy atom. The number of benzene rings is 1. The van der Waals surface area contributed by atoms with Crippen LogP contribution < -0.4 is 0 Å². The van der Waals surface area contributed by atoms with Gasteiger partial charge < -0.3 is 4.90 Å². The van der Waals surface area contributed by atoms with Gasteiger partial charge in [0.15, 0.2) is 0 Å². The fourth-order valence-corrected chi connectivity index (χ4v) is 5.05. The lowest BCUT2D eigenvalue weighted by Crippen LogP contribution is -2.43. The standard InChI is InChI=1S/C18H26N2O3S/c1-2-15-5-7-17(8-6-15)24(22,23)20-13-9-16(10-14-20)18(21)19-11-3-4-12-19/h5-8,16H,2-4,9-14H2,1H3. The Labute approximate surface area is 144 Å². The maximum absolute atomic E-state index is 12.8. The highest BCUT2D eigenvalue weighted by atomic mass is 32.2. The van der Waals surface area contributed by atoms with Crippen molar-refractivity contribution in [2.45, 2.75) is 43.9 Å². The molecule has 0 N–H and O–H groups in total. The van der Waals surface area contributed by atoms with Crippen LogP contribution in [0.5, 0.6) is 0 Å². The molecule has 6 heteroatoms. The highest BCUT2D eigenvalue weighted by Crippen LogP contribution is 2.26.